The van der Waals surface area contributed by atoms with Gasteiger partial charge in [0.25, 0.3) is 5.56 Å². The summed E-state index contributed by atoms with van der Waals surface area (Å²) in [4.78, 5) is 19.1. The minimum atomic E-state index is 0.0418. The smallest absolute Gasteiger partial charge is 0.267 e. The Morgan fingerprint density at radius 3 is 3.00 bits per heavy atom. The van der Waals surface area contributed by atoms with Crippen molar-refractivity contribution in [1.29, 1.82) is 0 Å². The van der Waals surface area contributed by atoms with E-state index in [1.807, 2.05) is 13.0 Å². The molecule has 0 aromatic carbocycles. The van der Waals surface area contributed by atoms with Gasteiger partial charge in [-0.2, -0.15) is 5.10 Å². The molecule has 4 rings (SSSR count). The third-order valence-electron chi connectivity index (χ3n) is 5.35. The van der Waals surface area contributed by atoms with Crippen LogP contribution in [0.1, 0.15) is 48.4 Å². The summed E-state index contributed by atoms with van der Waals surface area (Å²) in [6.07, 6.45) is 8.11. The summed E-state index contributed by atoms with van der Waals surface area (Å²) >= 11 is 0. The Kier molecular flexibility index (Phi) is 4.22. The van der Waals surface area contributed by atoms with Crippen LogP contribution in [0.3, 0.4) is 0 Å². The van der Waals surface area contributed by atoms with Crippen LogP contribution in [0.25, 0.3) is 0 Å². The van der Waals surface area contributed by atoms with E-state index in [0.717, 1.165) is 61.5 Å². The van der Waals surface area contributed by atoms with Gasteiger partial charge in [0.05, 0.1) is 17.9 Å². The molecule has 2 aliphatic rings. The number of likely N-dealkylation sites (tertiary alicyclic amines) is 1. The van der Waals surface area contributed by atoms with Crippen LogP contribution in [0, 0.1) is 6.92 Å². The average molecular weight is 328 g/mol. The molecule has 0 N–H and O–H groups in total. The first-order valence-corrected chi connectivity index (χ1v) is 8.93. The predicted octanol–water partition coefficient (Wildman–Crippen LogP) is 2.08. The normalized spacial score (nSPS) is 21.1. The molecule has 0 bridgehead atoms. The van der Waals surface area contributed by atoms with Gasteiger partial charge in [0, 0.05) is 18.7 Å². The lowest BCUT2D eigenvalue weighted by Gasteiger charge is -2.24. The van der Waals surface area contributed by atoms with Gasteiger partial charge in [-0.3, -0.25) is 9.69 Å². The second kappa shape index (κ2) is 6.51. The highest BCUT2D eigenvalue weighted by Gasteiger charge is 2.27. The van der Waals surface area contributed by atoms with Crippen LogP contribution in [0.5, 0.6) is 0 Å². The van der Waals surface area contributed by atoms with E-state index in [9.17, 15) is 4.79 Å². The number of fused-ring (bicyclic) bond motifs is 1. The van der Waals surface area contributed by atoms with Crippen molar-refractivity contribution in [3.05, 3.63) is 45.5 Å². The van der Waals surface area contributed by atoms with E-state index in [0.29, 0.717) is 12.6 Å². The zero-order chi connectivity index (χ0) is 16.5. The average Bonchev–Trinajstić information content (AvgIpc) is 3.18. The summed E-state index contributed by atoms with van der Waals surface area (Å²) in [5, 5.41) is 4.67. The number of aryl methyl sites for hydroxylation is 3. The first-order valence-electron chi connectivity index (χ1n) is 8.93. The van der Waals surface area contributed by atoms with Crippen LogP contribution in [-0.2, 0) is 25.9 Å². The maximum Gasteiger partial charge on any atom is 0.267 e. The van der Waals surface area contributed by atoms with Crippen molar-refractivity contribution in [3.63, 3.8) is 0 Å². The van der Waals surface area contributed by atoms with Crippen molar-refractivity contribution in [3.8, 4) is 0 Å². The van der Waals surface area contributed by atoms with Crippen molar-refractivity contribution < 1.29 is 4.42 Å². The lowest BCUT2D eigenvalue weighted by Crippen LogP contribution is -2.37. The van der Waals surface area contributed by atoms with E-state index < -0.39 is 0 Å². The summed E-state index contributed by atoms with van der Waals surface area (Å²) in [5.74, 6) is 0.879. The lowest BCUT2D eigenvalue weighted by molar-refractivity contribution is 0.213. The molecular formula is C18H24N4O2. The maximum atomic E-state index is 12.4. The third-order valence-corrected chi connectivity index (χ3v) is 5.35. The Morgan fingerprint density at radius 2 is 2.17 bits per heavy atom. The molecule has 128 valence electrons. The van der Waals surface area contributed by atoms with E-state index in [1.165, 1.54) is 19.2 Å². The van der Waals surface area contributed by atoms with Crippen molar-refractivity contribution in [1.82, 2.24) is 19.7 Å². The molecule has 2 aromatic heterocycles. The highest BCUT2D eigenvalue weighted by Crippen LogP contribution is 2.22. The SMILES string of the molecule is Cc1ocnc1CN1CCCC1Cn1nc2c(cc1=O)CCCC2. The number of hydrogen-bond donors (Lipinski definition) is 0. The fraction of sp³-hybridized carbons (Fsp3) is 0.611. The standard InChI is InChI=1S/C18H24N4O2/c1-13-17(19-12-24-13)11-21-8-4-6-15(21)10-22-18(23)9-14-5-2-3-7-16(14)20-22/h9,12,15H,2-8,10-11H2,1H3. The van der Waals surface area contributed by atoms with Crippen LogP contribution in [0.2, 0.25) is 0 Å². The molecule has 3 heterocycles. The minimum absolute atomic E-state index is 0.0418. The molecule has 24 heavy (non-hydrogen) atoms. The Bertz CT molecular complexity index is 780. The van der Waals surface area contributed by atoms with E-state index in [4.69, 9.17) is 4.42 Å². The summed E-state index contributed by atoms with van der Waals surface area (Å²) in [5.41, 5.74) is 3.31. The molecule has 0 spiro atoms. The monoisotopic (exact) mass is 328 g/mol. The van der Waals surface area contributed by atoms with Gasteiger partial charge in [0.2, 0.25) is 0 Å². The Hall–Kier alpha value is -1.95. The van der Waals surface area contributed by atoms with Crippen molar-refractivity contribution in [2.75, 3.05) is 6.54 Å². The summed E-state index contributed by atoms with van der Waals surface area (Å²) in [6, 6.07) is 2.15. The van der Waals surface area contributed by atoms with Crippen LogP contribution in [0.15, 0.2) is 21.7 Å². The van der Waals surface area contributed by atoms with Gasteiger partial charge >= 0.3 is 0 Å². The second-order valence-corrected chi connectivity index (χ2v) is 6.97. The van der Waals surface area contributed by atoms with Gasteiger partial charge in [0.15, 0.2) is 6.39 Å². The summed E-state index contributed by atoms with van der Waals surface area (Å²) in [7, 11) is 0. The number of nitrogens with zero attached hydrogens (tertiary/aromatic N) is 4. The van der Waals surface area contributed by atoms with Gasteiger partial charge in [-0.05, 0) is 57.6 Å². The molecule has 0 saturated carbocycles. The zero-order valence-electron chi connectivity index (χ0n) is 14.2. The van der Waals surface area contributed by atoms with Crippen LogP contribution < -0.4 is 5.56 Å². The van der Waals surface area contributed by atoms with Crippen LogP contribution in [0.4, 0.5) is 0 Å². The van der Waals surface area contributed by atoms with Gasteiger partial charge in [-0.1, -0.05) is 0 Å². The number of aromatic nitrogens is 3. The van der Waals surface area contributed by atoms with E-state index in [1.54, 1.807) is 4.68 Å². The summed E-state index contributed by atoms with van der Waals surface area (Å²) in [6.45, 7) is 4.44. The van der Waals surface area contributed by atoms with Crippen LogP contribution in [-0.4, -0.2) is 32.3 Å². The molecule has 1 aliphatic heterocycles. The van der Waals surface area contributed by atoms with Crippen molar-refractivity contribution in [2.45, 2.75) is 64.6 Å². The van der Waals surface area contributed by atoms with Gasteiger partial charge < -0.3 is 4.42 Å². The van der Waals surface area contributed by atoms with Gasteiger partial charge in [-0.15, -0.1) is 0 Å². The van der Waals surface area contributed by atoms with Crippen molar-refractivity contribution in [2.24, 2.45) is 0 Å². The molecular weight excluding hydrogens is 304 g/mol. The number of rotatable bonds is 4. The first kappa shape index (κ1) is 15.6. The topological polar surface area (TPSA) is 64.2 Å². The van der Waals surface area contributed by atoms with E-state index in [-0.39, 0.29) is 5.56 Å². The van der Waals surface area contributed by atoms with Gasteiger partial charge in [0.1, 0.15) is 5.76 Å². The zero-order valence-corrected chi connectivity index (χ0v) is 14.2. The van der Waals surface area contributed by atoms with E-state index in [2.05, 4.69) is 15.0 Å². The molecule has 2 aromatic rings. The molecule has 1 fully saturated rings. The third kappa shape index (κ3) is 3.02. The minimum Gasteiger partial charge on any atom is -0.448 e. The Labute approximate surface area is 141 Å². The first-order chi connectivity index (χ1) is 11.7. The number of hydrogen-bond acceptors (Lipinski definition) is 5. The predicted molar refractivity (Wildman–Crippen MR) is 89.8 cm³/mol. The molecule has 0 amide bonds. The fourth-order valence-corrected chi connectivity index (χ4v) is 3.91. The molecule has 0 radical (unpaired) electrons. The van der Waals surface area contributed by atoms with E-state index >= 15 is 0 Å². The van der Waals surface area contributed by atoms with Crippen molar-refractivity contribution >= 4 is 0 Å². The quantitative estimate of drug-likeness (QED) is 0.860. The Morgan fingerprint density at radius 1 is 1.29 bits per heavy atom. The molecule has 1 unspecified atom stereocenters. The fourth-order valence-electron chi connectivity index (χ4n) is 3.91. The van der Waals surface area contributed by atoms with Gasteiger partial charge in [-0.25, -0.2) is 9.67 Å². The number of oxazole rings is 1. The van der Waals surface area contributed by atoms with Crippen LogP contribution >= 0.6 is 0 Å². The Balaban J connectivity index is 1.52. The molecule has 6 heteroatoms. The molecule has 6 nitrogen and oxygen atoms in total. The molecule has 1 atom stereocenters. The maximum absolute atomic E-state index is 12.4. The second-order valence-electron chi connectivity index (χ2n) is 6.97. The highest BCUT2D eigenvalue weighted by atomic mass is 16.3. The largest absolute Gasteiger partial charge is 0.448 e. The lowest BCUT2D eigenvalue weighted by atomic mass is 9.97. The summed E-state index contributed by atoms with van der Waals surface area (Å²) < 4.78 is 6.99. The molecule has 1 aliphatic carbocycles. The highest BCUT2D eigenvalue weighted by molar-refractivity contribution is 5.20. The molecule has 1 saturated heterocycles.